The summed E-state index contributed by atoms with van der Waals surface area (Å²) >= 11 is 0. The Morgan fingerprint density at radius 1 is 0.857 bits per heavy atom. The van der Waals surface area contributed by atoms with Gasteiger partial charge in [0.05, 0.1) is 19.5 Å². The number of fused-ring (bicyclic) bond motifs is 1. The molecular weight excluding hydrogens is 953 g/mol. The second kappa shape index (κ2) is 28.1. The molecule has 27 heteroatoms. The topological polar surface area (TPSA) is 418 Å². The number of benzene rings is 1. The molecule has 0 radical (unpaired) electrons. The molecule has 1 aromatic carbocycles. The van der Waals surface area contributed by atoms with Crippen molar-refractivity contribution in [2.45, 2.75) is 114 Å². The minimum absolute atomic E-state index is 0.00989. The summed E-state index contributed by atoms with van der Waals surface area (Å²) in [6, 6.07) is 0.237. The van der Waals surface area contributed by atoms with Crippen LogP contribution in [0.4, 0.5) is 0 Å². The second-order valence-electron chi connectivity index (χ2n) is 17.1. The summed E-state index contributed by atoms with van der Waals surface area (Å²) < 4.78 is 0. The van der Waals surface area contributed by atoms with Gasteiger partial charge in [0.15, 0.2) is 5.96 Å². The molecule has 1 aliphatic heterocycles. The molecule has 17 N–H and O–H groups in total. The Labute approximate surface area is 413 Å². The van der Waals surface area contributed by atoms with Gasteiger partial charge in [-0.1, -0.05) is 66.1 Å². The lowest BCUT2D eigenvalue weighted by Gasteiger charge is -2.39. The van der Waals surface area contributed by atoms with Crippen LogP contribution in [0.15, 0.2) is 29.3 Å². The van der Waals surface area contributed by atoms with E-state index in [0.717, 1.165) is 37.6 Å². The van der Waals surface area contributed by atoms with Crippen LogP contribution in [0.3, 0.4) is 0 Å². The van der Waals surface area contributed by atoms with Crippen molar-refractivity contribution < 1.29 is 52.7 Å². The molecule has 0 bridgehead atoms. The molecule has 0 unspecified atom stereocenters. The van der Waals surface area contributed by atoms with Gasteiger partial charge >= 0.3 is 0 Å². The maximum atomic E-state index is 14.5. The average Bonchev–Trinajstić information content (AvgIpc) is 3.29. The highest BCUT2D eigenvalue weighted by atomic mass is 33.1. The van der Waals surface area contributed by atoms with Crippen molar-refractivity contribution in [1.29, 1.82) is 0 Å². The summed E-state index contributed by atoms with van der Waals surface area (Å²) in [5, 5.41) is 18.1. The van der Waals surface area contributed by atoms with Gasteiger partial charge in [-0.25, -0.2) is 0 Å². The third-order valence-corrected chi connectivity index (χ3v) is 13.9. The van der Waals surface area contributed by atoms with Crippen molar-refractivity contribution in [3.8, 4) is 0 Å². The number of nitrogens with two attached hydrogens (primary N) is 5. The first-order chi connectivity index (χ1) is 33.0. The normalized spacial score (nSPS) is 22.4. The number of likely N-dealkylation sites (N-methyl/N-ethyl adjacent to an activating group) is 1. The Morgan fingerprint density at radius 3 is 2.17 bits per heavy atom. The summed E-state index contributed by atoms with van der Waals surface area (Å²) in [6.45, 7) is 2.41. The number of aryl methyl sites for hydroxylation is 1. The van der Waals surface area contributed by atoms with Crippen LogP contribution in [0.25, 0.3) is 0 Å². The van der Waals surface area contributed by atoms with Crippen LogP contribution in [0, 0.1) is 5.92 Å². The standard InChI is InChI=1S/C43H66N14O11S2/c1-4-23(2)35-39(66)52-27(11-12-30(44)58)37(64)53-28(18-31(45)59)38(65)54-29(40(67)57(3)21-34(62)51-26(10-7-16-49-42(47)48)36(63)50-20-32(46)60)22-70-69-17-14-33(61)56-43(41(68)55-35)15-13-24-8-5-6-9-25(24)19-43/h5-6,8-9,23,26-29,35H,4,7,10-22H2,1-3H3,(H2,44,58)(H2,45,59)(H2,46,60)(H,50,63)(H,51,62)(H,52,66)(H,53,64)(H,54,65)(H,55,68)(H,56,61)(H4,47,48,49)/t23-,26-,27-,28+,29+,35+,43+/m0/s1. The summed E-state index contributed by atoms with van der Waals surface area (Å²) in [5.74, 6) is -9.94. The van der Waals surface area contributed by atoms with Gasteiger partial charge in [0.1, 0.15) is 35.7 Å². The van der Waals surface area contributed by atoms with Gasteiger partial charge in [-0.2, -0.15) is 0 Å². The molecule has 0 saturated carbocycles. The van der Waals surface area contributed by atoms with E-state index in [1.807, 2.05) is 24.3 Å². The highest BCUT2D eigenvalue weighted by Gasteiger charge is 2.45. The number of nitrogens with one attached hydrogen (secondary N) is 7. The van der Waals surface area contributed by atoms with Crippen LogP contribution < -0.4 is 65.9 Å². The Balaban J connectivity index is 1.99. The third-order valence-electron chi connectivity index (χ3n) is 11.5. The Kier molecular flexibility index (Phi) is 23.2. The average molecular weight is 1020 g/mol. The number of carbonyl (C=O) groups excluding carboxylic acids is 11. The SMILES string of the molecule is CC[C@H](C)[C@H]1NC(=O)[C@]2(CCc3ccccc3C2)NC(=O)CCSSC[C@H](C(=O)N(C)CC(=O)N[C@@H](CCCN=C(N)N)C(=O)NCC(N)=O)NC(=O)[C@@H](CC(N)=O)NC(=O)[C@H](CCC(N)=O)NC1=O. The predicted octanol–water partition coefficient (Wildman–Crippen LogP) is -4.46. The van der Waals surface area contributed by atoms with E-state index in [2.05, 4.69) is 42.2 Å². The van der Waals surface area contributed by atoms with Gasteiger partial charge in [0.25, 0.3) is 0 Å². The van der Waals surface area contributed by atoms with Gasteiger partial charge in [0.2, 0.25) is 65.0 Å². The third kappa shape index (κ3) is 18.7. The molecule has 1 saturated heterocycles. The number of primary amides is 3. The molecule has 11 amide bonds. The van der Waals surface area contributed by atoms with Gasteiger partial charge in [-0.3, -0.25) is 57.7 Å². The molecule has 3 rings (SSSR count). The molecule has 25 nitrogen and oxygen atoms in total. The fourth-order valence-electron chi connectivity index (χ4n) is 7.53. The summed E-state index contributed by atoms with van der Waals surface area (Å²) in [7, 11) is 3.46. The molecule has 1 aliphatic carbocycles. The van der Waals surface area contributed by atoms with Gasteiger partial charge < -0.3 is 70.8 Å². The fourth-order valence-corrected chi connectivity index (χ4v) is 9.67. The molecule has 1 heterocycles. The number of hydrogen-bond donors (Lipinski definition) is 12. The fraction of sp³-hybridized carbons (Fsp3) is 0.581. The van der Waals surface area contributed by atoms with Crippen LogP contribution in [-0.2, 0) is 65.6 Å². The maximum absolute atomic E-state index is 14.5. The van der Waals surface area contributed by atoms with Crippen molar-refractivity contribution in [3.63, 3.8) is 0 Å². The van der Waals surface area contributed by atoms with Crippen molar-refractivity contribution in [3.05, 3.63) is 35.4 Å². The van der Waals surface area contributed by atoms with E-state index in [4.69, 9.17) is 28.7 Å². The van der Waals surface area contributed by atoms with Crippen LogP contribution in [0.5, 0.6) is 0 Å². The monoisotopic (exact) mass is 1020 g/mol. The van der Waals surface area contributed by atoms with E-state index < -0.39 is 133 Å². The molecule has 70 heavy (non-hydrogen) atoms. The number of guanidine groups is 1. The summed E-state index contributed by atoms with van der Waals surface area (Å²) in [6.07, 6.45) is -0.322. The van der Waals surface area contributed by atoms with Crippen LogP contribution in [0.2, 0.25) is 0 Å². The first-order valence-corrected chi connectivity index (χ1v) is 25.1. The Morgan fingerprint density at radius 2 is 1.53 bits per heavy atom. The van der Waals surface area contributed by atoms with Crippen molar-refractivity contribution in [1.82, 2.24) is 42.1 Å². The summed E-state index contributed by atoms with van der Waals surface area (Å²) in [4.78, 5) is 151. The maximum Gasteiger partial charge on any atom is 0.246 e. The van der Waals surface area contributed by atoms with Crippen molar-refractivity contribution in [2.24, 2.45) is 39.6 Å². The van der Waals surface area contributed by atoms with Crippen LogP contribution >= 0.6 is 21.6 Å². The van der Waals surface area contributed by atoms with E-state index in [-0.39, 0.29) is 62.5 Å². The molecule has 1 aromatic rings. The molecule has 386 valence electrons. The van der Waals surface area contributed by atoms with Gasteiger partial charge in [0, 0.05) is 44.4 Å². The minimum Gasteiger partial charge on any atom is -0.370 e. The zero-order valence-corrected chi connectivity index (χ0v) is 41.1. The number of hydrogen-bond acceptors (Lipinski definition) is 14. The second-order valence-corrected chi connectivity index (χ2v) is 19.7. The zero-order chi connectivity index (χ0) is 52.1. The van der Waals surface area contributed by atoms with Gasteiger partial charge in [-0.15, -0.1) is 0 Å². The smallest absolute Gasteiger partial charge is 0.246 e. The molecule has 0 aromatic heterocycles. The highest BCUT2D eigenvalue weighted by molar-refractivity contribution is 8.76. The van der Waals surface area contributed by atoms with Crippen LogP contribution in [0.1, 0.15) is 76.3 Å². The van der Waals surface area contributed by atoms with E-state index in [9.17, 15) is 52.7 Å². The minimum atomic E-state index is -1.74. The number of nitrogens with zero attached hydrogens (tertiary/aromatic N) is 2. The number of carbonyl (C=O) groups is 11. The van der Waals surface area contributed by atoms with Gasteiger partial charge in [-0.05, 0) is 49.1 Å². The van der Waals surface area contributed by atoms with E-state index in [0.29, 0.717) is 12.8 Å². The van der Waals surface area contributed by atoms with E-state index >= 15 is 0 Å². The first kappa shape index (κ1) is 57.7. The Hall–Kier alpha value is -6.64. The zero-order valence-electron chi connectivity index (χ0n) is 39.5. The predicted molar refractivity (Wildman–Crippen MR) is 260 cm³/mol. The lowest BCUT2D eigenvalue weighted by Crippen LogP contribution is -2.65. The van der Waals surface area contributed by atoms with Crippen molar-refractivity contribution >= 4 is 92.5 Å². The van der Waals surface area contributed by atoms with E-state index in [1.54, 1.807) is 13.8 Å². The first-order valence-electron chi connectivity index (χ1n) is 22.6. The Bertz CT molecular complexity index is 2140. The lowest BCUT2D eigenvalue weighted by molar-refractivity contribution is -0.139. The molecular formula is C43H66N14O11S2. The number of aliphatic imine (C=N–C) groups is 1. The lowest BCUT2D eigenvalue weighted by atomic mass is 9.76. The van der Waals surface area contributed by atoms with Crippen molar-refractivity contribution in [2.75, 3.05) is 38.2 Å². The molecule has 7 atom stereocenters. The highest BCUT2D eigenvalue weighted by Crippen LogP contribution is 2.31. The summed E-state index contributed by atoms with van der Waals surface area (Å²) in [5.41, 5.74) is 27.2. The van der Waals surface area contributed by atoms with E-state index in [1.165, 1.54) is 7.05 Å². The number of rotatable bonds is 18. The van der Waals surface area contributed by atoms with Crippen LogP contribution in [-0.4, -0.2) is 150 Å². The quantitative estimate of drug-likeness (QED) is 0.0286. The largest absolute Gasteiger partial charge is 0.370 e. The molecule has 1 fully saturated rings. The number of amides is 11. The molecule has 2 aliphatic rings. The molecule has 1 spiro atoms.